The Kier molecular flexibility index (Phi) is 2.54. The van der Waals surface area contributed by atoms with Crippen LogP contribution in [0.25, 0.3) is 0 Å². The number of aliphatic hydroxyl groups excluding tert-OH is 1. The average Bonchev–Trinajstić information content (AvgIpc) is 2.75. The van der Waals surface area contributed by atoms with Gasteiger partial charge in [0, 0.05) is 12.5 Å². The van der Waals surface area contributed by atoms with E-state index < -0.39 is 0 Å². The molecule has 4 nitrogen and oxygen atoms in total. The number of aliphatic hydroxyl groups is 1. The van der Waals surface area contributed by atoms with E-state index in [1.165, 1.54) is 0 Å². The van der Waals surface area contributed by atoms with Crippen molar-refractivity contribution in [3.63, 3.8) is 0 Å². The molecular weight excluding hydrogens is 178 g/mol. The second-order valence-electron chi connectivity index (χ2n) is 4.04. The van der Waals surface area contributed by atoms with Crippen molar-refractivity contribution in [2.45, 2.75) is 45.3 Å². The van der Waals surface area contributed by atoms with E-state index in [0.29, 0.717) is 11.8 Å². The van der Waals surface area contributed by atoms with Crippen LogP contribution in [-0.2, 0) is 6.54 Å². The maximum Gasteiger partial charge on any atom is 0.138 e. The van der Waals surface area contributed by atoms with Gasteiger partial charge in [0.25, 0.3) is 0 Å². The van der Waals surface area contributed by atoms with Gasteiger partial charge < -0.3 is 5.11 Å². The monoisotopic (exact) mass is 195 g/mol. The second-order valence-corrected chi connectivity index (χ2v) is 4.04. The maximum absolute atomic E-state index is 9.67. The van der Waals surface area contributed by atoms with Gasteiger partial charge in [0.1, 0.15) is 12.2 Å². The molecule has 0 aliphatic heterocycles. The Morgan fingerprint density at radius 2 is 2.36 bits per heavy atom. The molecule has 0 bridgehead atoms. The first-order valence-corrected chi connectivity index (χ1v) is 5.29. The fraction of sp³-hybridized carbons (Fsp3) is 0.800. The molecule has 2 rings (SSSR count). The molecule has 3 unspecified atom stereocenters. The topological polar surface area (TPSA) is 50.9 Å². The summed E-state index contributed by atoms with van der Waals surface area (Å²) in [6.45, 7) is 5.01. The Morgan fingerprint density at radius 1 is 1.57 bits per heavy atom. The normalized spacial score (nSPS) is 32.4. The van der Waals surface area contributed by atoms with Crippen molar-refractivity contribution in [1.29, 1.82) is 0 Å². The van der Waals surface area contributed by atoms with Crippen LogP contribution in [-0.4, -0.2) is 26.0 Å². The highest BCUT2D eigenvalue weighted by atomic mass is 16.3. The van der Waals surface area contributed by atoms with Crippen LogP contribution in [0, 0.1) is 5.92 Å². The molecule has 78 valence electrons. The molecule has 0 radical (unpaired) electrons. The predicted molar refractivity (Wildman–Crippen MR) is 52.8 cm³/mol. The molecule has 0 spiro atoms. The molecule has 14 heavy (non-hydrogen) atoms. The molecule has 3 atom stereocenters. The minimum absolute atomic E-state index is 0.165. The minimum Gasteiger partial charge on any atom is -0.393 e. The van der Waals surface area contributed by atoms with E-state index in [1.807, 2.05) is 4.68 Å². The van der Waals surface area contributed by atoms with Gasteiger partial charge >= 0.3 is 0 Å². The van der Waals surface area contributed by atoms with Crippen molar-refractivity contribution in [2.75, 3.05) is 0 Å². The zero-order chi connectivity index (χ0) is 10.1. The fourth-order valence-corrected chi connectivity index (χ4v) is 2.31. The maximum atomic E-state index is 9.67. The molecule has 1 aromatic rings. The van der Waals surface area contributed by atoms with E-state index in [-0.39, 0.29) is 6.10 Å². The lowest BCUT2D eigenvalue weighted by atomic mass is 9.96. The standard InChI is InChI=1S/C10H17N3O/c1-3-13-10(11-6-12-13)8-4-5-9(14)7(8)2/h6-9,14H,3-5H2,1-2H3. The van der Waals surface area contributed by atoms with Crippen LogP contribution in [0.3, 0.4) is 0 Å². The summed E-state index contributed by atoms with van der Waals surface area (Å²) in [5.41, 5.74) is 0. The molecule has 1 aromatic heterocycles. The van der Waals surface area contributed by atoms with Crippen molar-refractivity contribution in [1.82, 2.24) is 14.8 Å². The quantitative estimate of drug-likeness (QED) is 0.770. The number of aromatic nitrogens is 3. The first-order chi connectivity index (χ1) is 6.74. The van der Waals surface area contributed by atoms with Crippen molar-refractivity contribution in [2.24, 2.45) is 5.92 Å². The van der Waals surface area contributed by atoms with Gasteiger partial charge in [0.05, 0.1) is 6.10 Å². The van der Waals surface area contributed by atoms with Crippen molar-refractivity contribution < 1.29 is 5.11 Å². The van der Waals surface area contributed by atoms with Crippen LogP contribution in [0.15, 0.2) is 6.33 Å². The predicted octanol–water partition coefficient (Wildman–Crippen LogP) is 1.17. The van der Waals surface area contributed by atoms with E-state index in [4.69, 9.17) is 0 Å². The number of rotatable bonds is 2. The highest BCUT2D eigenvalue weighted by Crippen LogP contribution is 2.38. The van der Waals surface area contributed by atoms with Crippen LogP contribution in [0.4, 0.5) is 0 Å². The molecule has 4 heteroatoms. The molecule has 1 heterocycles. The molecule has 0 saturated heterocycles. The van der Waals surface area contributed by atoms with Crippen molar-refractivity contribution >= 4 is 0 Å². The molecule has 1 N–H and O–H groups in total. The Bertz CT molecular complexity index is 310. The SMILES string of the molecule is CCn1ncnc1C1CCC(O)C1C. The summed E-state index contributed by atoms with van der Waals surface area (Å²) in [5, 5.41) is 13.8. The lowest BCUT2D eigenvalue weighted by molar-refractivity contribution is 0.135. The summed E-state index contributed by atoms with van der Waals surface area (Å²) in [7, 11) is 0. The summed E-state index contributed by atoms with van der Waals surface area (Å²) in [4.78, 5) is 4.29. The molecule has 0 amide bonds. The van der Waals surface area contributed by atoms with Gasteiger partial charge in [-0.1, -0.05) is 6.92 Å². The highest BCUT2D eigenvalue weighted by Gasteiger charge is 2.34. The summed E-state index contributed by atoms with van der Waals surface area (Å²) in [6.07, 6.45) is 3.36. The van der Waals surface area contributed by atoms with Gasteiger partial charge in [0.15, 0.2) is 0 Å². The number of nitrogens with zero attached hydrogens (tertiary/aromatic N) is 3. The van der Waals surface area contributed by atoms with Crippen LogP contribution in [0.2, 0.25) is 0 Å². The summed E-state index contributed by atoms with van der Waals surface area (Å²) >= 11 is 0. The van der Waals surface area contributed by atoms with Gasteiger partial charge in [-0.15, -0.1) is 0 Å². The zero-order valence-electron chi connectivity index (χ0n) is 8.72. The van der Waals surface area contributed by atoms with Gasteiger partial charge in [0.2, 0.25) is 0 Å². The smallest absolute Gasteiger partial charge is 0.138 e. The lowest BCUT2D eigenvalue weighted by Gasteiger charge is -2.16. The van der Waals surface area contributed by atoms with Gasteiger partial charge in [-0.25, -0.2) is 4.98 Å². The third-order valence-electron chi connectivity index (χ3n) is 3.29. The number of aryl methyl sites for hydroxylation is 1. The molecular formula is C10H17N3O. The Hall–Kier alpha value is -0.900. The van der Waals surface area contributed by atoms with Crippen LogP contribution < -0.4 is 0 Å². The summed E-state index contributed by atoms with van der Waals surface area (Å²) in [5.74, 6) is 1.73. The molecule has 1 saturated carbocycles. The zero-order valence-corrected chi connectivity index (χ0v) is 8.72. The number of hydrogen-bond donors (Lipinski definition) is 1. The second kappa shape index (κ2) is 3.69. The first-order valence-electron chi connectivity index (χ1n) is 5.29. The molecule has 1 aliphatic carbocycles. The lowest BCUT2D eigenvalue weighted by Crippen LogP contribution is -2.17. The van der Waals surface area contributed by atoms with Gasteiger partial charge in [-0.2, -0.15) is 5.10 Å². The Balaban J connectivity index is 2.23. The van der Waals surface area contributed by atoms with E-state index >= 15 is 0 Å². The summed E-state index contributed by atoms with van der Waals surface area (Å²) in [6, 6.07) is 0. The van der Waals surface area contributed by atoms with Gasteiger partial charge in [-0.05, 0) is 25.7 Å². The average molecular weight is 195 g/mol. The van der Waals surface area contributed by atoms with Crippen LogP contribution in [0.5, 0.6) is 0 Å². The van der Waals surface area contributed by atoms with Crippen LogP contribution >= 0.6 is 0 Å². The highest BCUT2D eigenvalue weighted by molar-refractivity contribution is 5.03. The van der Waals surface area contributed by atoms with E-state index in [2.05, 4.69) is 23.9 Å². The number of hydrogen-bond acceptors (Lipinski definition) is 3. The van der Waals surface area contributed by atoms with Gasteiger partial charge in [-0.3, -0.25) is 4.68 Å². The third-order valence-corrected chi connectivity index (χ3v) is 3.29. The van der Waals surface area contributed by atoms with Crippen LogP contribution in [0.1, 0.15) is 38.4 Å². The van der Waals surface area contributed by atoms with Crippen molar-refractivity contribution in [3.05, 3.63) is 12.2 Å². The molecule has 1 fully saturated rings. The minimum atomic E-state index is -0.165. The van der Waals surface area contributed by atoms with E-state index in [0.717, 1.165) is 25.2 Å². The molecule has 1 aliphatic rings. The van der Waals surface area contributed by atoms with E-state index in [1.54, 1.807) is 6.33 Å². The first kappa shape index (κ1) is 9.65. The van der Waals surface area contributed by atoms with E-state index in [9.17, 15) is 5.11 Å². The Labute approximate surface area is 84.0 Å². The largest absolute Gasteiger partial charge is 0.393 e. The Morgan fingerprint density at radius 3 is 2.93 bits per heavy atom. The summed E-state index contributed by atoms with van der Waals surface area (Å²) < 4.78 is 1.93. The van der Waals surface area contributed by atoms with Crippen molar-refractivity contribution in [3.8, 4) is 0 Å². The fourth-order valence-electron chi connectivity index (χ4n) is 2.31. The molecule has 0 aromatic carbocycles. The third kappa shape index (κ3) is 1.43.